The zero-order chi connectivity index (χ0) is 12.8. The summed E-state index contributed by atoms with van der Waals surface area (Å²) in [7, 11) is 0. The van der Waals surface area contributed by atoms with Gasteiger partial charge >= 0.3 is 0 Å². The van der Waals surface area contributed by atoms with Gasteiger partial charge in [0.1, 0.15) is 0 Å². The predicted molar refractivity (Wildman–Crippen MR) is 78.2 cm³/mol. The van der Waals surface area contributed by atoms with Gasteiger partial charge in [-0.05, 0) is 57.1 Å². The lowest BCUT2D eigenvalue weighted by atomic mass is 9.88. The molecule has 0 saturated carbocycles. The molecule has 90 valence electrons. The number of hydrogen-bond donors (Lipinski definition) is 1. The second-order valence-corrected chi connectivity index (χ2v) is 5.59. The van der Waals surface area contributed by atoms with Crippen molar-refractivity contribution in [1.82, 2.24) is 0 Å². The van der Waals surface area contributed by atoms with E-state index in [2.05, 4.69) is 52.0 Å². The summed E-state index contributed by atoms with van der Waals surface area (Å²) < 4.78 is 0. The maximum Gasteiger partial charge on any atom is 0.171 e. The van der Waals surface area contributed by atoms with Crippen molar-refractivity contribution in [3.63, 3.8) is 0 Å². The molecular formula is C14H18N2S. The van der Waals surface area contributed by atoms with Gasteiger partial charge in [0.25, 0.3) is 0 Å². The van der Waals surface area contributed by atoms with E-state index >= 15 is 0 Å². The molecule has 2 N–H and O–H groups in total. The van der Waals surface area contributed by atoms with Crippen LogP contribution in [0.25, 0.3) is 5.57 Å². The van der Waals surface area contributed by atoms with Crippen LogP contribution in [0, 0.1) is 6.92 Å². The summed E-state index contributed by atoms with van der Waals surface area (Å²) in [6, 6.07) is 6.40. The highest BCUT2D eigenvalue weighted by atomic mass is 32.1. The van der Waals surface area contributed by atoms with Crippen molar-refractivity contribution in [2.75, 3.05) is 4.90 Å². The summed E-state index contributed by atoms with van der Waals surface area (Å²) in [5, 5.41) is 0.422. The fourth-order valence-corrected chi connectivity index (χ4v) is 2.88. The van der Waals surface area contributed by atoms with Gasteiger partial charge in [-0.2, -0.15) is 0 Å². The second-order valence-electron chi connectivity index (χ2n) is 5.18. The first-order valence-electron chi connectivity index (χ1n) is 5.73. The molecule has 0 aromatic heterocycles. The summed E-state index contributed by atoms with van der Waals surface area (Å²) in [4.78, 5) is 2.03. The minimum absolute atomic E-state index is 0.170. The van der Waals surface area contributed by atoms with E-state index in [1.54, 1.807) is 0 Å². The Morgan fingerprint density at radius 2 is 1.94 bits per heavy atom. The van der Waals surface area contributed by atoms with Crippen LogP contribution in [0.15, 0.2) is 24.3 Å². The van der Waals surface area contributed by atoms with Gasteiger partial charge < -0.3 is 10.6 Å². The lowest BCUT2D eigenvalue weighted by molar-refractivity contribution is 0.637. The maximum absolute atomic E-state index is 5.88. The van der Waals surface area contributed by atoms with E-state index in [4.69, 9.17) is 18.0 Å². The third-order valence-corrected chi connectivity index (χ3v) is 3.37. The Labute approximate surface area is 108 Å². The molecule has 0 atom stereocenters. The largest absolute Gasteiger partial charge is 0.376 e. The summed E-state index contributed by atoms with van der Waals surface area (Å²) in [6.07, 6.45) is 2.21. The van der Waals surface area contributed by atoms with E-state index in [9.17, 15) is 0 Å². The highest BCUT2D eigenvalue weighted by Gasteiger charge is 2.32. The number of benzene rings is 1. The fourth-order valence-electron chi connectivity index (χ4n) is 2.55. The normalized spacial score (nSPS) is 17.4. The van der Waals surface area contributed by atoms with Crippen LogP contribution in [-0.4, -0.2) is 10.7 Å². The van der Waals surface area contributed by atoms with Crippen LogP contribution in [0.1, 0.15) is 31.9 Å². The van der Waals surface area contributed by atoms with E-state index in [1.165, 1.54) is 16.7 Å². The molecule has 2 nitrogen and oxygen atoms in total. The fraction of sp³-hybridized carbons (Fsp3) is 0.357. The molecule has 0 fully saturated rings. The molecule has 3 heteroatoms. The molecule has 17 heavy (non-hydrogen) atoms. The third kappa shape index (κ3) is 1.95. The van der Waals surface area contributed by atoms with Crippen LogP contribution < -0.4 is 10.6 Å². The Balaban J connectivity index is 2.71. The van der Waals surface area contributed by atoms with Gasteiger partial charge in [-0.1, -0.05) is 18.2 Å². The molecule has 1 aliphatic rings. The topological polar surface area (TPSA) is 29.3 Å². The smallest absolute Gasteiger partial charge is 0.171 e. The van der Waals surface area contributed by atoms with Crippen LogP contribution in [-0.2, 0) is 0 Å². The summed E-state index contributed by atoms with van der Waals surface area (Å²) in [5.41, 5.74) is 10.5. The van der Waals surface area contributed by atoms with Crippen LogP contribution >= 0.6 is 12.2 Å². The van der Waals surface area contributed by atoms with Gasteiger partial charge in [0.15, 0.2) is 5.11 Å². The molecule has 1 aromatic rings. The van der Waals surface area contributed by atoms with E-state index < -0.39 is 0 Å². The Morgan fingerprint density at radius 3 is 2.53 bits per heavy atom. The molecule has 2 rings (SSSR count). The lowest BCUT2D eigenvalue weighted by Gasteiger charge is -2.42. The molecule has 0 aliphatic carbocycles. The third-order valence-electron chi connectivity index (χ3n) is 3.19. The van der Waals surface area contributed by atoms with E-state index in [0.717, 1.165) is 5.69 Å². The number of thiocarbonyl (C=S) groups is 1. The Kier molecular flexibility index (Phi) is 2.74. The van der Waals surface area contributed by atoms with Crippen molar-refractivity contribution in [1.29, 1.82) is 0 Å². The summed E-state index contributed by atoms with van der Waals surface area (Å²) in [6.45, 7) is 8.47. The number of allylic oxidation sites excluding steroid dienone is 1. The number of rotatable bonds is 0. The summed E-state index contributed by atoms with van der Waals surface area (Å²) >= 11 is 5.20. The molecule has 1 heterocycles. The molecular weight excluding hydrogens is 228 g/mol. The number of fused-ring (bicyclic) bond motifs is 1. The average Bonchev–Trinajstić information content (AvgIpc) is 2.14. The van der Waals surface area contributed by atoms with E-state index in [0.29, 0.717) is 5.11 Å². The maximum atomic E-state index is 5.88. The van der Waals surface area contributed by atoms with Gasteiger partial charge in [-0.3, -0.25) is 0 Å². The van der Waals surface area contributed by atoms with Gasteiger partial charge in [-0.25, -0.2) is 0 Å². The number of nitrogens with two attached hydrogens (primary N) is 1. The highest BCUT2D eigenvalue weighted by molar-refractivity contribution is 7.80. The Hall–Kier alpha value is -1.35. The van der Waals surface area contributed by atoms with Crippen LogP contribution in [0.3, 0.4) is 0 Å². The van der Waals surface area contributed by atoms with Crippen LogP contribution in [0.4, 0.5) is 5.69 Å². The molecule has 0 unspecified atom stereocenters. The van der Waals surface area contributed by atoms with Crippen molar-refractivity contribution >= 4 is 28.6 Å². The van der Waals surface area contributed by atoms with Crippen molar-refractivity contribution in [2.45, 2.75) is 33.2 Å². The van der Waals surface area contributed by atoms with Gasteiger partial charge in [0.2, 0.25) is 0 Å². The van der Waals surface area contributed by atoms with Crippen LogP contribution in [0.2, 0.25) is 0 Å². The molecule has 1 aliphatic heterocycles. The molecule has 0 saturated heterocycles. The Bertz CT molecular complexity index is 515. The second kappa shape index (κ2) is 3.84. The lowest BCUT2D eigenvalue weighted by Crippen LogP contribution is -2.51. The van der Waals surface area contributed by atoms with Gasteiger partial charge in [0, 0.05) is 5.56 Å². The van der Waals surface area contributed by atoms with Crippen molar-refractivity contribution in [3.05, 3.63) is 35.4 Å². The van der Waals surface area contributed by atoms with Gasteiger partial charge in [-0.15, -0.1) is 0 Å². The molecule has 1 aromatic carbocycles. The number of aryl methyl sites for hydroxylation is 1. The zero-order valence-corrected chi connectivity index (χ0v) is 11.6. The quantitative estimate of drug-likeness (QED) is 0.713. The first kappa shape index (κ1) is 12.1. The average molecular weight is 246 g/mol. The standard InChI is InChI=1S/C14H18N2S/c1-9-5-6-11-10(2)8-14(3,4)16(13(15)17)12(11)7-9/h5-8H,1-4H3,(H2,15,17). The highest BCUT2D eigenvalue weighted by Crippen LogP contribution is 2.39. The van der Waals surface area contributed by atoms with Crippen molar-refractivity contribution < 1.29 is 0 Å². The van der Waals surface area contributed by atoms with Gasteiger partial charge in [0.05, 0.1) is 11.2 Å². The monoisotopic (exact) mass is 246 g/mol. The minimum Gasteiger partial charge on any atom is -0.376 e. The first-order valence-corrected chi connectivity index (χ1v) is 6.14. The number of nitrogens with zero attached hydrogens (tertiary/aromatic N) is 1. The number of hydrogen-bond acceptors (Lipinski definition) is 1. The Morgan fingerprint density at radius 1 is 1.29 bits per heavy atom. The minimum atomic E-state index is -0.170. The van der Waals surface area contributed by atoms with Crippen LogP contribution in [0.5, 0.6) is 0 Å². The van der Waals surface area contributed by atoms with Crippen molar-refractivity contribution in [3.8, 4) is 0 Å². The predicted octanol–water partition coefficient (Wildman–Crippen LogP) is 3.24. The van der Waals surface area contributed by atoms with E-state index in [-0.39, 0.29) is 5.54 Å². The number of anilines is 1. The SMILES string of the molecule is CC1=CC(C)(C)N(C(N)=S)c2cc(C)ccc21. The molecule has 0 radical (unpaired) electrons. The van der Waals surface area contributed by atoms with E-state index in [1.807, 2.05) is 4.90 Å². The first-order chi connectivity index (χ1) is 7.83. The zero-order valence-electron chi connectivity index (χ0n) is 10.7. The molecule has 0 amide bonds. The molecule has 0 spiro atoms. The molecule has 0 bridgehead atoms. The summed E-state index contributed by atoms with van der Waals surface area (Å²) in [5.74, 6) is 0. The van der Waals surface area contributed by atoms with Crippen molar-refractivity contribution in [2.24, 2.45) is 5.73 Å².